The van der Waals surface area contributed by atoms with Crippen molar-refractivity contribution >= 4 is 16.1 Å². The molecule has 0 saturated heterocycles. The van der Waals surface area contributed by atoms with Gasteiger partial charge in [0.1, 0.15) is 5.76 Å². The SMILES string of the molecule is C=C[C@@H]1CC[C@]2(C(=O)O)CC[C@]3(C)[C@H](CC[C@@H]4[C@@]5(C)CC=C(OS(=O)(=O)C(F)(F)F)C(C)(C)[C@@H]5CC[C@]43C)[C@@H]12. The highest BCUT2D eigenvalue weighted by Gasteiger charge is 2.71. The minimum Gasteiger partial charge on any atom is -0.481 e. The van der Waals surface area contributed by atoms with E-state index in [4.69, 9.17) is 4.18 Å². The van der Waals surface area contributed by atoms with E-state index in [1.54, 1.807) is 6.08 Å². The molecule has 0 aromatic carbocycles. The monoisotopic (exact) mass is 572 g/mol. The zero-order valence-corrected chi connectivity index (χ0v) is 24.6. The molecule has 5 aliphatic rings. The Kier molecular flexibility index (Phi) is 6.33. The van der Waals surface area contributed by atoms with Crippen LogP contribution in [0.2, 0.25) is 0 Å². The summed E-state index contributed by atoms with van der Waals surface area (Å²) in [5, 5.41) is 10.4. The largest absolute Gasteiger partial charge is 0.534 e. The fraction of sp³-hybridized carbons (Fsp3) is 0.833. The molecule has 0 amide bonds. The lowest BCUT2D eigenvalue weighted by atomic mass is 9.33. The molecule has 9 heteroatoms. The molecular weight excluding hydrogens is 529 g/mol. The van der Waals surface area contributed by atoms with Crippen molar-refractivity contribution in [3.05, 3.63) is 24.5 Å². The maximum absolute atomic E-state index is 13.2. The van der Waals surface area contributed by atoms with E-state index in [1.807, 2.05) is 19.9 Å². The summed E-state index contributed by atoms with van der Waals surface area (Å²) in [5.41, 5.74) is -7.41. The molecule has 0 heterocycles. The highest BCUT2D eigenvalue weighted by Crippen LogP contribution is 2.77. The molecule has 0 aromatic rings. The van der Waals surface area contributed by atoms with Crippen molar-refractivity contribution in [1.82, 2.24) is 0 Å². The van der Waals surface area contributed by atoms with Crippen LogP contribution in [-0.2, 0) is 19.1 Å². The van der Waals surface area contributed by atoms with Gasteiger partial charge in [0.25, 0.3) is 0 Å². The average Bonchev–Trinajstić information content (AvgIpc) is 3.21. The van der Waals surface area contributed by atoms with Crippen LogP contribution in [-0.4, -0.2) is 25.0 Å². The number of rotatable bonds is 4. The van der Waals surface area contributed by atoms with Crippen molar-refractivity contribution in [3.8, 4) is 0 Å². The molecule has 220 valence electrons. The molecule has 5 aliphatic carbocycles. The van der Waals surface area contributed by atoms with Gasteiger partial charge in [-0.15, -0.1) is 6.58 Å². The van der Waals surface area contributed by atoms with Crippen molar-refractivity contribution in [2.75, 3.05) is 0 Å². The number of carboxylic acids is 1. The van der Waals surface area contributed by atoms with E-state index in [0.717, 1.165) is 38.5 Å². The fourth-order valence-corrected chi connectivity index (χ4v) is 11.8. The lowest BCUT2D eigenvalue weighted by Crippen LogP contribution is -2.66. The molecule has 0 radical (unpaired) electrons. The van der Waals surface area contributed by atoms with Crippen molar-refractivity contribution < 1.29 is 35.7 Å². The van der Waals surface area contributed by atoms with Gasteiger partial charge >= 0.3 is 21.6 Å². The second-order valence-electron chi connectivity index (χ2n) is 14.6. The Balaban J connectivity index is 1.52. The molecule has 0 unspecified atom stereocenters. The second-order valence-corrected chi connectivity index (χ2v) is 16.1. The van der Waals surface area contributed by atoms with Gasteiger partial charge in [-0.2, -0.15) is 21.6 Å². The zero-order chi connectivity index (χ0) is 29.0. The first kappa shape index (κ1) is 29.0. The molecule has 9 atom stereocenters. The lowest BCUT2D eigenvalue weighted by molar-refractivity contribution is -0.230. The predicted molar refractivity (Wildman–Crippen MR) is 142 cm³/mol. The third-order valence-corrected chi connectivity index (χ3v) is 14.2. The van der Waals surface area contributed by atoms with Crippen LogP contribution in [0.5, 0.6) is 0 Å². The van der Waals surface area contributed by atoms with Crippen molar-refractivity contribution in [1.29, 1.82) is 0 Å². The summed E-state index contributed by atoms with van der Waals surface area (Å²) in [6.45, 7) is 14.7. The van der Waals surface area contributed by atoms with Gasteiger partial charge in [0.05, 0.1) is 5.41 Å². The number of aliphatic carboxylic acids is 1. The molecule has 1 N–H and O–H groups in total. The number of allylic oxidation sites excluding steroid dienone is 3. The van der Waals surface area contributed by atoms with Crippen LogP contribution in [0.3, 0.4) is 0 Å². The Labute approximate surface area is 230 Å². The van der Waals surface area contributed by atoms with E-state index < -0.39 is 32.4 Å². The zero-order valence-electron chi connectivity index (χ0n) is 23.7. The maximum Gasteiger partial charge on any atom is 0.534 e. The quantitative estimate of drug-likeness (QED) is 0.212. The Morgan fingerprint density at radius 1 is 1.00 bits per heavy atom. The summed E-state index contributed by atoms with van der Waals surface area (Å²) < 4.78 is 68.1. The van der Waals surface area contributed by atoms with Crippen LogP contribution in [0.15, 0.2) is 24.5 Å². The Morgan fingerprint density at radius 2 is 1.67 bits per heavy atom. The standard InChI is InChI=1S/C30H43F3O5S/c1-7-18-10-15-29(24(34)35)17-16-27(5)19(23(18)29)8-9-21-26(4)13-12-22(38-39(36,37)30(31,32)33)25(2,3)20(26)11-14-28(21,27)6/h7,12,18-21,23H,1,8-11,13-17H2,2-6H3,(H,34,35)/t18-,19-,20+,21-,23-,26+,27-,28-,29+/m1/s1. The molecule has 4 fully saturated rings. The highest BCUT2D eigenvalue weighted by atomic mass is 32.2. The normalized spacial score (nSPS) is 47.1. The number of alkyl halides is 3. The molecule has 5 nitrogen and oxygen atoms in total. The Hall–Kier alpha value is -1.51. The summed E-state index contributed by atoms with van der Waals surface area (Å²) in [4.78, 5) is 12.7. The van der Waals surface area contributed by atoms with E-state index in [2.05, 4.69) is 27.4 Å². The van der Waals surface area contributed by atoms with Gasteiger partial charge in [-0.05, 0) is 110 Å². The van der Waals surface area contributed by atoms with Gasteiger partial charge in [-0.1, -0.05) is 40.7 Å². The molecule has 4 saturated carbocycles. The van der Waals surface area contributed by atoms with Crippen LogP contribution in [0.25, 0.3) is 0 Å². The minimum absolute atomic E-state index is 0.0410. The average molecular weight is 573 g/mol. The van der Waals surface area contributed by atoms with Crippen LogP contribution in [0, 0.1) is 56.7 Å². The van der Waals surface area contributed by atoms with E-state index in [9.17, 15) is 31.5 Å². The van der Waals surface area contributed by atoms with Crippen molar-refractivity contribution in [2.24, 2.45) is 56.7 Å². The minimum atomic E-state index is -5.74. The molecule has 5 rings (SSSR count). The van der Waals surface area contributed by atoms with Gasteiger partial charge < -0.3 is 9.29 Å². The van der Waals surface area contributed by atoms with Crippen LogP contribution in [0.4, 0.5) is 13.2 Å². The number of hydrogen-bond donors (Lipinski definition) is 1. The fourth-order valence-electron chi connectivity index (χ4n) is 11.2. The van der Waals surface area contributed by atoms with Gasteiger partial charge in [0.15, 0.2) is 0 Å². The number of fused-ring (bicyclic) bond motifs is 7. The summed E-state index contributed by atoms with van der Waals surface area (Å²) in [6, 6.07) is 0. The van der Waals surface area contributed by atoms with Gasteiger partial charge in [-0.3, -0.25) is 4.79 Å². The van der Waals surface area contributed by atoms with E-state index in [0.29, 0.717) is 19.3 Å². The first-order chi connectivity index (χ1) is 17.8. The summed E-state index contributed by atoms with van der Waals surface area (Å²) in [6.07, 6.45) is 10.6. The van der Waals surface area contributed by atoms with Crippen LogP contribution < -0.4 is 0 Å². The summed E-state index contributed by atoms with van der Waals surface area (Å²) in [5.74, 6) is 0.0199. The van der Waals surface area contributed by atoms with Crippen LogP contribution >= 0.6 is 0 Å². The lowest BCUT2D eigenvalue weighted by Gasteiger charge is -2.72. The highest BCUT2D eigenvalue weighted by molar-refractivity contribution is 7.87. The first-order valence-electron chi connectivity index (χ1n) is 14.4. The molecule has 0 spiro atoms. The second kappa shape index (κ2) is 8.51. The van der Waals surface area contributed by atoms with E-state index >= 15 is 0 Å². The number of halogens is 3. The topological polar surface area (TPSA) is 80.7 Å². The third-order valence-electron chi connectivity index (χ3n) is 13.2. The molecule has 0 bridgehead atoms. The van der Waals surface area contributed by atoms with Gasteiger partial charge in [-0.25, -0.2) is 0 Å². The third kappa shape index (κ3) is 3.62. The Bertz CT molecular complexity index is 1210. The summed E-state index contributed by atoms with van der Waals surface area (Å²) in [7, 11) is -5.74. The van der Waals surface area contributed by atoms with Gasteiger partial charge in [0.2, 0.25) is 0 Å². The predicted octanol–water partition coefficient (Wildman–Crippen LogP) is 7.70. The first-order valence-corrected chi connectivity index (χ1v) is 15.8. The summed E-state index contributed by atoms with van der Waals surface area (Å²) >= 11 is 0. The molecule has 0 aromatic heterocycles. The van der Waals surface area contributed by atoms with Crippen LogP contribution in [0.1, 0.15) is 92.4 Å². The molecule has 0 aliphatic heterocycles. The van der Waals surface area contributed by atoms with Crippen molar-refractivity contribution in [3.63, 3.8) is 0 Å². The smallest absolute Gasteiger partial charge is 0.481 e. The maximum atomic E-state index is 13.2. The number of hydrogen-bond acceptors (Lipinski definition) is 4. The van der Waals surface area contributed by atoms with E-state index in [-0.39, 0.29) is 51.6 Å². The molecular formula is C30H43F3O5S. The van der Waals surface area contributed by atoms with Crippen molar-refractivity contribution in [2.45, 2.75) is 97.9 Å². The number of carboxylic acid groups (broad SMARTS) is 1. The Morgan fingerprint density at radius 3 is 2.26 bits per heavy atom. The molecule has 39 heavy (non-hydrogen) atoms. The number of carbonyl (C=O) groups is 1. The van der Waals surface area contributed by atoms with Gasteiger partial charge in [0, 0.05) is 5.41 Å². The van der Waals surface area contributed by atoms with E-state index in [1.165, 1.54) is 0 Å².